The van der Waals surface area contributed by atoms with Gasteiger partial charge < -0.3 is 9.30 Å². The van der Waals surface area contributed by atoms with Crippen molar-refractivity contribution in [3.8, 4) is 16.9 Å². The molecule has 2 nitrogen and oxygen atoms in total. The standard InChI is InChI=1S/C24H22FNO/c1-17(2)27-24-13-12-19(14-22(24)25)21-16-26(15-18-8-4-3-5-9-18)23-11-7-6-10-20(21)23/h3-14,16-17H,15H2,1-2H3. The normalized spacial score (nSPS) is 11.3. The molecule has 1 aromatic heterocycles. The molecule has 27 heavy (non-hydrogen) atoms. The number of fused-ring (bicyclic) bond motifs is 1. The molecule has 0 N–H and O–H groups in total. The second kappa shape index (κ2) is 7.28. The van der Waals surface area contributed by atoms with Crippen LogP contribution < -0.4 is 4.74 Å². The molecule has 1 heterocycles. The molecule has 0 spiro atoms. The number of ether oxygens (including phenoxy) is 1. The summed E-state index contributed by atoms with van der Waals surface area (Å²) in [7, 11) is 0. The molecular formula is C24H22FNO. The zero-order valence-corrected chi connectivity index (χ0v) is 15.5. The summed E-state index contributed by atoms with van der Waals surface area (Å²) in [5, 5.41) is 1.12. The molecule has 0 saturated carbocycles. The minimum Gasteiger partial charge on any atom is -0.488 e. The molecule has 4 rings (SSSR count). The average molecular weight is 359 g/mol. The molecule has 0 radical (unpaired) electrons. The zero-order valence-electron chi connectivity index (χ0n) is 15.5. The van der Waals surface area contributed by atoms with Gasteiger partial charge in [-0.25, -0.2) is 4.39 Å². The van der Waals surface area contributed by atoms with Crippen molar-refractivity contribution in [2.24, 2.45) is 0 Å². The monoisotopic (exact) mass is 359 g/mol. The smallest absolute Gasteiger partial charge is 0.165 e. The van der Waals surface area contributed by atoms with Gasteiger partial charge in [-0.05, 0) is 43.2 Å². The Kier molecular flexibility index (Phi) is 4.68. The Hall–Kier alpha value is -3.07. The third-order valence-corrected chi connectivity index (χ3v) is 4.59. The lowest BCUT2D eigenvalue weighted by atomic mass is 10.0. The maximum Gasteiger partial charge on any atom is 0.165 e. The first-order valence-electron chi connectivity index (χ1n) is 9.20. The van der Waals surface area contributed by atoms with Gasteiger partial charge in [-0.2, -0.15) is 0 Å². The number of rotatable bonds is 5. The number of aromatic nitrogens is 1. The summed E-state index contributed by atoms with van der Waals surface area (Å²) >= 11 is 0. The van der Waals surface area contributed by atoms with E-state index in [9.17, 15) is 4.39 Å². The summed E-state index contributed by atoms with van der Waals surface area (Å²) in [6, 6.07) is 23.8. The molecule has 0 fully saturated rings. The lowest BCUT2D eigenvalue weighted by Crippen LogP contribution is -2.06. The van der Waals surface area contributed by atoms with Crippen LogP contribution in [0.1, 0.15) is 19.4 Å². The molecule has 0 saturated heterocycles. The number of halogens is 1. The molecule has 4 aromatic rings. The maximum absolute atomic E-state index is 14.5. The van der Waals surface area contributed by atoms with Crippen molar-refractivity contribution in [3.63, 3.8) is 0 Å². The Labute approximate surface area is 158 Å². The number of nitrogens with zero attached hydrogens (tertiary/aromatic N) is 1. The molecule has 3 heteroatoms. The highest BCUT2D eigenvalue weighted by atomic mass is 19.1. The van der Waals surface area contributed by atoms with Crippen LogP contribution in [0, 0.1) is 5.82 Å². The van der Waals surface area contributed by atoms with E-state index >= 15 is 0 Å². The van der Waals surface area contributed by atoms with Crippen LogP contribution >= 0.6 is 0 Å². The highest BCUT2D eigenvalue weighted by Gasteiger charge is 2.13. The highest BCUT2D eigenvalue weighted by Crippen LogP contribution is 2.33. The molecule has 0 bridgehead atoms. The van der Waals surface area contributed by atoms with E-state index in [2.05, 4.69) is 35.0 Å². The fourth-order valence-electron chi connectivity index (χ4n) is 3.41. The largest absolute Gasteiger partial charge is 0.488 e. The minimum atomic E-state index is -0.332. The molecule has 0 amide bonds. The Morgan fingerprint density at radius 1 is 0.926 bits per heavy atom. The van der Waals surface area contributed by atoms with Crippen LogP contribution in [0.25, 0.3) is 22.0 Å². The molecule has 0 unspecified atom stereocenters. The van der Waals surface area contributed by atoms with Crippen molar-refractivity contribution in [1.29, 1.82) is 0 Å². The van der Waals surface area contributed by atoms with Gasteiger partial charge in [-0.15, -0.1) is 0 Å². The van der Waals surface area contributed by atoms with E-state index in [1.165, 1.54) is 5.56 Å². The Morgan fingerprint density at radius 2 is 1.67 bits per heavy atom. The van der Waals surface area contributed by atoms with Crippen molar-refractivity contribution in [1.82, 2.24) is 4.57 Å². The van der Waals surface area contributed by atoms with Crippen LogP contribution in [0.4, 0.5) is 4.39 Å². The lowest BCUT2D eigenvalue weighted by Gasteiger charge is -2.11. The summed E-state index contributed by atoms with van der Waals surface area (Å²) in [5.41, 5.74) is 4.25. The van der Waals surface area contributed by atoms with Crippen LogP contribution in [0.2, 0.25) is 0 Å². The molecular weight excluding hydrogens is 337 g/mol. The van der Waals surface area contributed by atoms with E-state index in [0.29, 0.717) is 5.75 Å². The summed E-state index contributed by atoms with van der Waals surface area (Å²) in [6.07, 6.45) is 2.05. The Morgan fingerprint density at radius 3 is 2.41 bits per heavy atom. The van der Waals surface area contributed by atoms with E-state index in [1.54, 1.807) is 12.1 Å². The molecule has 3 aromatic carbocycles. The van der Waals surface area contributed by atoms with Crippen LogP contribution in [-0.2, 0) is 6.54 Å². The van der Waals surface area contributed by atoms with Crippen molar-refractivity contribution in [2.45, 2.75) is 26.5 Å². The number of hydrogen-bond donors (Lipinski definition) is 0. The van der Waals surface area contributed by atoms with Gasteiger partial charge in [0.05, 0.1) is 6.10 Å². The molecule has 136 valence electrons. The predicted octanol–water partition coefficient (Wildman–Crippen LogP) is 6.28. The highest BCUT2D eigenvalue weighted by molar-refractivity contribution is 5.96. The minimum absolute atomic E-state index is 0.0573. The van der Waals surface area contributed by atoms with Gasteiger partial charge in [0.25, 0.3) is 0 Å². The lowest BCUT2D eigenvalue weighted by molar-refractivity contribution is 0.231. The topological polar surface area (TPSA) is 14.2 Å². The van der Waals surface area contributed by atoms with Crippen molar-refractivity contribution in [2.75, 3.05) is 0 Å². The number of para-hydroxylation sites is 1. The fourth-order valence-corrected chi connectivity index (χ4v) is 3.41. The van der Waals surface area contributed by atoms with Gasteiger partial charge >= 0.3 is 0 Å². The van der Waals surface area contributed by atoms with E-state index in [1.807, 2.05) is 50.2 Å². The zero-order chi connectivity index (χ0) is 18.8. The fraction of sp³-hybridized carbons (Fsp3) is 0.167. The van der Waals surface area contributed by atoms with Crippen molar-refractivity contribution in [3.05, 3.63) is 90.4 Å². The average Bonchev–Trinajstić information content (AvgIpc) is 3.03. The summed E-state index contributed by atoms with van der Waals surface area (Å²) < 4.78 is 22.3. The molecule has 0 aliphatic rings. The van der Waals surface area contributed by atoms with Crippen LogP contribution in [0.5, 0.6) is 5.75 Å². The van der Waals surface area contributed by atoms with Gasteiger partial charge in [-0.3, -0.25) is 0 Å². The van der Waals surface area contributed by atoms with E-state index in [0.717, 1.165) is 28.6 Å². The second-order valence-corrected chi connectivity index (χ2v) is 6.99. The van der Waals surface area contributed by atoms with Gasteiger partial charge in [-0.1, -0.05) is 54.6 Å². The Balaban J connectivity index is 1.77. The van der Waals surface area contributed by atoms with Gasteiger partial charge in [0.1, 0.15) is 0 Å². The maximum atomic E-state index is 14.5. The number of benzene rings is 3. The van der Waals surface area contributed by atoms with E-state index < -0.39 is 0 Å². The third kappa shape index (κ3) is 3.59. The van der Waals surface area contributed by atoms with Gasteiger partial charge in [0.15, 0.2) is 11.6 Å². The summed E-state index contributed by atoms with van der Waals surface area (Å²) in [6.45, 7) is 4.56. The van der Waals surface area contributed by atoms with Crippen LogP contribution in [0.3, 0.4) is 0 Å². The quantitative estimate of drug-likeness (QED) is 0.409. The van der Waals surface area contributed by atoms with Crippen molar-refractivity contribution >= 4 is 10.9 Å². The second-order valence-electron chi connectivity index (χ2n) is 6.99. The molecule has 0 aliphatic heterocycles. The first-order valence-corrected chi connectivity index (χ1v) is 9.20. The van der Waals surface area contributed by atoms with Crippen molar-refractivity contribution < 1.29 is 9.13 Å². The van der Waals surface area contributed by atoms with E-state index in [-0.39, 0.29) is 11.9 Å². The summed E-state index contributed by atoms with van der Waals surface area (Å²) in [5.74, 6) is -0.0390. The molecule has 0 aliphatic carbocycles. The summed E-state index contributed by atoms with van der Waals surface area (Å²) in [4.78, 5) is 0. The Bertz CT molecular complexity index is 1070. The molecule has 0 atom stereocenters. The third-order valence-electron chi connectivity index (χ3n) is 4.59. The SMILES string of the molecule is CC(C)Oc1ccc(-c2cn(Cc3ccccc3)c3ccccc23)cc1F. The first kappa shape index (κ1) is 17.3. The van der Waals surface area contributed by atoms with Crippen LogP contribution in [-0.4, -0.2) is 10.7 Å². The first-order chi connectivity index (χ1) is 13.1. The van der Waals surface area contributed by atoms with Gasteiger partial charge in [0, 0.05) is 29.2 Å². The number of hydrogen-bond acceptors (Lipinski definition) is 1. The van der Waals surface area contributed by atoms with Crippen LogP contribution in [0.15, 0.2) is 79.0 Å². The van der Waals surface area contributed by atoms with Gasteiger partial charge in [0.2, 0.25) is 0 Å². The predicted molar refractivity (Wildman–Crippen MR) is 109 cm³/mol. The van der Waals surface area contributed by atoms with E-state index in [4.69, 9.17) is 4.74 Å².